The highest BCUT2D eigenvalue weighted by atomic mass is 19.1. The molecule has 61 heavy (non-hydrogen) atoms. The molecular weight excluding hydrogens is 778 g/mol. The first kappa shape index (κ1) is 43.1. The fraction of sp³-hybridized carbons (Fsp3) is 0.438. The monoisotopic (exact) mass is 831 g/mol. The van der Waals surface area contributed by atoms with Crippen molar-refractivity contribution in [1.29, 1.82) is 0 Å². The third kappa shape index (κ3) is 10.3. The number of amides is 4. The molecular formula is C48H54FN5O7. The molecule has 13 heteroatoms. The second-order valence-corrected chi connectivity index (χ2v) is 16.5. The molecule has 3 aromatic carbocycles. The Bertz CT molecular complexity index is 2350. The fourth-order valence-electron chi connectivity index (χ4n) is 8.86. The summed E-state index contributed by atoms with van der Waals surface area (Å²) in [6, 6.07) is 16.1. The molecule has 4 aromatic rings. The third-order valence-corrected chi connectivity index (χ3v) is 12.2. The van der Waals surface area contributed by atoms with Gasteiger partial charge < -0.3 is 30.2 Å². The van der Waals surface area contributed by atoms with Crippen LogP contribution < -0.4 is 30.6 Å². The van der Waals surface area contributed by atoms with Gasteiger partial charge in [0, 0.05) is 35.3 Å². The lowest BCUT2D eigenvalue weighted by molar-refractivity contribution is -0.124. The number of hydrogen-bond acceptors (Lipinski definition) is 9. The summed E-state index contributed by atoms with van der Waals surface area (Å²) in [6.45, 7) is 3.97. The van der Waals surface area contributed by atoms with E-state index in [0.717, 1.165) is 64.5 Å². The van der Waals surface area contributed by atoms with Crippen LogP contribution in [0.4, 0.5) is 4.39 Å². The maximum absolute atomic E-state index is 14.4. The molecule has 2 fully saturated rings. The van der Waals surface area contributed by atoms with Gasteiger partial charge in [0.1, 0.15) is 23.9 Å². The van der Waals surface area contributed by atoms with Crippen molar-refractivity contribution >= 4 is 34.4 Å². The lowest BCUT2D eigenvalue weighted by atomic mass is 9.82. The van der Waals surface area contributed by atoms with Crippen LogP contribution in [0.5, 0.6) is 23.1 Å². The van der Waals surface area contributed by atoms with Crippen LogP contribution in [0.1, 0.15) is 95.7 Å². The number of aromatic nitrogens is 1. The molecule has 3 aliphatic rings. The number of fused-ring (bicyclic) bond motifs is 2. The van der Waals surface area contributed by atoms with Crippen molar-refractivity contribution in [2.45, 2.75) is 83.3 Å². The molecule has 4 amide bonds. The van der Waals surface area contributed by atoms with Gasteiger partial charge in [0.05, 0.1) is 36.3 Å². The van der Waals surface area contributed by atoms with Gasteiger partial charge in [0.2, 0.25) is 11.8 Å². The van der Waals surface area contributed by atoms with E-state index in [0.29, 0.717) is 51.3 Å². The first-order chi connectivity index (χ1) is 29.5. The molecule has 2 aliphatic heterocycles. The molecule has 0 unspecified atom stereocenters. The number of alkyl halides is 1. The number of rotatable bonds is 16. The minimum atomic E-state index is -1.58. The van der Waals surface area contributed by atoms with Crippen LogP contribution in [0.2, 0.25) is 0 Å². The first-order valence-corrected chi connectivity index (χ1v) is 21.3. The molecule has 4 N–H and O–H groups in total. The summed E-state index contributed by atoms with van der Waals surface area (Å²) in [6.07, 6.45) is 9.11. The van der Waals surface area contributed by atoms with E-state index in [1.165, 1.54) is 12.7 Å². The number of imide groups is 1. The zero-order chi connectivity index (χ0) is 43.0. The number of hydrogen-bond donors (Lipinski definition) is 3. The van der Waals surface area contributed by atoms with Gasteiger partial charge in [-0.3, -0.25) is 24.5 Å². The van der Waals surface area contributed by atoms with Crippen LogP contribution in [-0.2, 0) is 22.4 Å². The highest BCUT2D eigenvalue weighted by Gasteiger charge is 2.42. The number of pyridine rings is 1. The van der Waals surface area contributed by atoms with Gasteiger partial charge in [-0.25, -0.2) is 9.37 Å². The number of benzene rings is 3. The first-order valence-electron chi connectivity index (χ1n) is 21.3. The number of carbonyl (C=O) groups is 4. The lowest BCUT2D eigenvalue weighted by Gasteiger charge is -2.29. The molecule has 1 saturated heterocycles. The minimum Gasteiger partial charge on any atom is -0.496 e. The van der Waals surface area contributed by atoms with Crippen LogP contribution in [0.3, 0.4) is 0 Å². The molecule has 3 heterocycles. The highest BCUT2D eigenvalue weighted by Crippen LogP contribution is 2.35. The molecule has 1 aliphatic carbocycles. The van der Waals surface area contributed by atoms with Crippen molar-refractivity contribution in [2.75, 3.05) is 33.9 Å². The molecule has 7 rings (SSSR count). The van der Waals surface area contributed by atoms with E-state index >= 15 is 0 Å². The highest BCUT2D eigenvalue weighted by molar-refractivity contribution is 6.11. The van der Waals surface area contributed by atoms with E-state index < -0.39 is 35.9 Å². The van der Waals surface area contributed by atoms with Crippen molar-refractivity contribution in [3.63, 3.8) is 0 Å². The fourth-order valence-corrected chi connectivity index (χ4v) is 8.86. The quantitative estimate of drug-likeness (QED) is 0.0635. The van der Waals surface area contributed by atoms with Gasteiger partial charge >= 0.3 is 0 Å². The molecule has 12 nitrogen and oxygen atoms in total. The van der Waals surface area contributed by atoms with Crippen LogP contribution in [0.25, 0.3) is 10.8 Å². The summed E-state index contributed by atoms with van der Waals surface area (Å²) in [7, 11) is 3.66. The van der Waals surface area contributed by atoms with Crippen molar-refractivity contribution in [3.05, 3.63) is 88.6 Å². The molecule has 1 aromatic heterocycles. The van der Waals surface area contributed by atoms with Gasteiger partial charge in [-0.15, -0.1) is 0 Å². The second kappa shape index (κ2) is 19.6. The normalized spacial score (nSPS) is 21.0. The van der Waals surface area contributed by atoms with Crippen LogP contribution in [-0.4, -0.2) is 79.6 Å². The van der Waals surface area contributed by atoms with Crippen LogP contribution >= 0.6 is 0 Å². The molecule has 3 atom stereocenters. The zero-order valence-electron chi connectivity index (χ0n) is 35.1. The largest absolute Gasteiger partial charge is 0.496 e. The molecule has 0 bridgehead atoms. The number of aryl methyl sites for hydroxylation is 1. The maximum Gasteiger partial charge on any atom is 0.261 e. The Morgan fingerprint density at radius 3 is 2.57 bits per heavy atom. The number of halogens is 1. The number of methoxy groups -OCH3 is 1. The standard InChI is InChI=1S/C48H54FN5O7/c1-4-35-39(52-47(58)44(35)49)28-60-48-37-25-41(59-3)38(45(50)56)24-36(37)33(26-51-48)20-19-29-15-17-31(18-16-29)27-54(2)21-7-5-6-10-30-11-8-13-34(22-30)61-40-14-9-12-32-23-42(55)53-46(57)43(32)40/h8-9,11-14,22,24-26,29,31,35,39,44H,4-7,10,15-18,21,23,27-28H2,1-3H3,(H2,50,56)(H,52,58)(H,53,55,57)/t29?,31?,35-,39+,44-/m0/s1. The SMILES string of the molecule is CC[C@@H]1[C@H](F)C(=O)N[C@@H]1COc1ncc(C#CC2CCC(CN(C)CCCCCc3cccc(Oc4cccc5c4C(=O)NC(=O)C5)c3)CC2)c2cc(C(N)=O)c(OC)cc12. The smallest absolute Gasteiger partial charge is 0.261 e. The summed E-state index contributed by atoms with van der Waals surface area (Å²) in [5.41, 5.74) is 8.84. The summed E-state index contributed by atoms with van der Waals surface area (Å²) in [5, 5.41) is 6.30. The Morgan fingerprint density at radius 2 is 1.80 bits per heavy atom. The van der Waals surface area contributed by atoms with E-state index in [4.69, 9.17) is 19.9 Å². The Morgan fingerprint density at radius 1 is 1.00 bits per heavy atom. The van der Waals surface area contributed by atoms with Crippen molar-refractivity contribution in [1.82, 2.24) is 20.5 Å². The summed E-state index contributed by atoms with van der Waals surface area (Å²) < 4.78 is 32.1. The van der Waals surface area contributed by atoms with E-state index in [1.807, 2.05) is 25.1 Å². The van der Waals surface area contributed by atoms with E-state index in [1.54, 1.807) is 36.5 Å². The van der Waals surface area contributed by atoms with Crippen molar-refractivity contribution in [3.8, 4) is 35.0 Å². The van der Waals surface area contributed by atoms with Crippen molar-refractivity contribution < 1.29 is 37.8 Å². The van der Waals surface area contributed by atoms with Gasteiger partial charge in [0.15, 0.2) is 6.17 Å². The number of primary amides is 1. The van der Waals surface area contributed by atoms with Gasteiger partial charge in [-0.2, -0.15) is 0 Å². The Labute approximate surface area is 356 Å². The number of nitrogens with one attached hydrogen (secondary N) is 2. The topological polar surface area (TPSA) is 162 Å². The summed E-state index contributed by atoms with van der Waals surface area (Å²) in [4.78, 5) is 55.7. The second-order valence-electron chi connectivity index (χ2n) is 16.5. The summed E-state index contributed by atoms with van der Waals surface area (Å²) in [5.74, 6) is 6.83. The minimum absolute atomic E-state index is 0.0379. The van der Waals surface area contributed by atoms with Crippen LogP contribution in [0, 0.1) is 29.6 Å². The predicted octanol–water partition coefficient (Wildman–Crippen LogP) is 6.69. The van der Waals surface area contributed by atoms with E-state index in [-0.39, 0.29) is 42.0 Å². The predicted molar refractivity (Wildman–Crippen MR) is 229 cm³/mol. The Hall–Kier alpha value is -6.00. The maximum atomic E-state index is 14.4. The number of carbonyl (C=O) groups excluding carboxylic acids is 4. The molecule has 0 spiro atoms. The van der Waals surface area contributed by atoms with Gasteiger partial charge in [-0.1, -0.05) is 49.5 Å². The number of ether oxygens (including phenoxy) is 3. The van der Waals surface area contributed by atoms with Crippen molar-refractivity contribution in [2.24, 2.45) is 23.5 Å². The molecule has 0 radical (unpaired) electrons. The number of nitrogens with two attached hydrogens (primary N) is 1. The van der Waals surface area contributed by atoms with Gasteiger partial charge in [0.25, 0.3) is 17.7 Å². The third-order valence-electron chi connectivity index (χ3n) is 12.2. The average molecular weight is 832 g/mol. The zero-order valence-corrected chi connectivity index (χ0v) is 35.1. The number of unbranched alkanes of at least 4 members (excludes halogenated alkanes) is 2. The summed E-state index contributed by atoms with van der Waals surface area (Å²) >= 11 is 0. The Balaban J connectivity index is 0.877. The average Bonchev–Trinajstić information content (AvgIpc) is 3.52. The van der Waals surface area contributed by atoms with E-state index in [2.05, 4.69) is 45.5 Å². The van der Waals surface area contributed by atoms with Gasteiger partial charge in [-0.05, 0) is 112 Å². The van der Waals surface area contributed by atoms with E-state index in [9.17, 15) is 23.6 Å². The Kier molecular flexibility index (Phi) is 13.8. The van der Waals surface area contributed by atoms with Crippen LogP contribution in [0.15, 0.2) is 60.8 Å². The molecule has 1 saturated carbocycles. The number of nitrogens with zero attached hydrogens (tertiary/aromatic N) is 2. The molecule has 320 valence electrons. The lowest BCUT2D eigenvalue weighted by Crippen LogP contribution is -2.37.